The Bertz CT molecular complexity index is 800. The van der Waals surface area contributed by atoms with Gasteiger partial charge >= 0.3 is 0 Å². The maximum absolute atomic E-state index is 5.21. The summed E-state index contributed by atoms with van der Waals surface area (Å²) >= 11 is 1.81. The number of hydrogen-bond donors (Lipinski definition) is 0. The summed E-state index contributed by atoms with van der Waals surface area (Å²) in [5.74, 6) is 2.59. The minimum atomic E-state index is 0.847. The molecular formula is C16H18N4OS. The molecule has 0 fully saturated rings. The van der Waals surface area contributed by atoms with Gasteiger partial charge in [0.25, 0.3) is 0 Å². The molecule has 3 heterocycles. The Hall–Kier alpha value is -2.08. The van der Waals surface area contributed by atoms with Gasteiger partial charge in [0, 0.05) is 42.4 Å². The fourth-order valence-electron chi connectivity index (χ4n) is 2.37. The molecule has 0 spiro atoms. The third-order valence-electron chi connectivity index (χ3n) is 3.46. The molecule has 0 aromatic carbocycles. The number of rotatable bonds is 5. The predicted octanol–water partition coefficient (Wildman–Crippen LogP) is 3.11. The lowest BCUT2D eigenvalue weighted by atomic mass is 10.2. The summed E-state index contributed by atoms with van der Waals surface area (Å²) in [6.45, 7) is 2.01. The lowest BCUT2D eigenvalue weighted by Crippen LogP contribution is -1.93. The second-order valence-corrected chi connectivity index (χ2v) is 6.09. The van der Waals surface area contributed by atoms with Crippen LogP contribution in [0.25, 0.3) is 11.0 Å². The average molecular weight is 314 g/mol. The van der Waals surface area contributed by atoms with Crippen LogP contribution in [0.15, 0.2) is 30.6 Å². The van der Waals surface area contributed by atoms with Gasteiger partial charge in [-0.3, -0.25) is 9.67 Å². The molecule has 3 aromatic heterocycles. The summed E-state index contributed by atoms with van der Waals surface area (Å²) < 4.78 is 7.04. The van der Waals surface area contributed by atoms with Crippen molar-refractivity contribution >= 4 is 22.8 Å². The van der Waals surface area contributed by atoms with E-state index in [0.29, 0.717) is 0 Å². The van der Waals surface area contributed by atoms with Crippen molar-refractivity contribution in [2.45, 2.75) is 18.4 Å². The molecule has 0 saturated carbocycles. The number of thioether (sulfide) groups is 1. The predicted molar refractivity (Wildman–Crippen MR) is 89.0 cm³/mol. The van der Waals surface area contributed by atoms with E-state index in [4.69, 9.17) is 4.74 Å². The van der Waals surface area contributed by atoms with Gasteiger partial charge in [-0.25, -0.2) is 4.98 Å². The van der Waals surface area contributed by atoms with Gasteiger partial charge in [0.05, 0.1) is 18.5 Å². The van der Waals surface area contributed by atoms with Crippen LogP contribution in [0.4, 0.5) is 0 Å². The van der Waals surface area contributed by atoms with Crippen LogP contribution in [0.2, 0.25) is 0 Å². The van der Waals surface area contributed by atoms with Crippen LogP contribution in [0, 0.1) is 6.92 Å². The van der Waals surface area contributed by atoms with Gasteiger partial charge in [0.15, 0.2) is 5.65 Å². The van der Waals surface area contributed by atoms with Crippen LogP contribution < -0.4 is 4.74 Å². The number of aromatic nitrogens is 4. The van der Waals surface area contributed by atoms with Crippen LogP contribution in [0.1, 0.15) is 17.0 Å². The SMILES string of the molecule is COc1ccnc(CSCc2cnc3c(c2)c(C)nn3C)c1. The van der Waals surface area contributed by atoms with Crippen molar-refractivity contribution in [3.63, 3.8) is 0 Å². The van der Waals surface area contributed by atoms with Crippen molar-refractivity contribution in [2.75, 3.05) is 7.11 Å². The Morgan fingerprint density at radius 3 is 2.91 bits per heavy atom. The maximum atomic E-state index is 5.21. The minimum absolute atomic E-state index is 0.847. The summed E-state index contributed by atoms with van der Waals surface area (Å²) in [6, 6.07) is 6.01. The van der Waals surface area contributed by atoms with Crippen molar-refractivity contribution in [3.05, 3.63) is 47.5 Å². The second-order valence-electron chi connectivity index (χ2n) is 5.10. The number of hydrogen-bond acceptors (Lipinski definition) is 5. The van der Waals surface area contributed by atoms with Crippen LogP contribution in [-0.2, 0) is 18.6 Å². The smallest absolute Gasteiger partial charge is 0.157 e. The Labute approximate surface area is 133 Å². The number of nitrogens with zero attached hydrogens (tertiary/aromatic N) is 4. The summed E-state index contributed by atoms with van der Waals surface area (Å²) in [7, 11) is 3.59. The largest absolute Gasteiger partial charge is 0.497 e. The van der Waals surface area contributed by atoms with Gasteiger partial charge in [-0.05, 0) is 24.6 Å². The number of pyridine rings is 2. The van der Waals surface area contributed by atoms with Gasteiger partial charge in [0.2, 0.25) is 0 Å². The molecule has 114 valence electrons. The first-order chi connectivity index (χ1) is 10.7. The Balaban J connectivity index is 1.67. The lowest BCUT2D eigenvalue weighted by molar-refractivity contribution is 0.413. The highest BCUT2D eigenvalue weighted by atomic mass is 32.2. The number of fused-ring (bicyclic) bond motifs is 1. The number of ether oxygens (including phenoxy) is 1. The highest BCUT2D eigenvalue weighted by Crippen LogP contribution is 2.22. The van der Waals surface area contributed by atoms with Crippen molar-refractivity contribution in [3.8, 4) is 5.75 Å². The average Bonchev–Trinajstić information content (AvgIpc) is 2.82. The van der Waals surface area contributed by atoms with Gasteiger partial charge in [-0.1, -0.05) is 0 Å². The Morgan fingerprint density at radius 1 is 1.23 bits per heavy atom. The van der Waals surface area contributed by atoms with Crippen LogP contribution in [0.5, 0.6) is 5.75 Å². The van der Waals surface area contributed by atoms with E-state index in [9.17, 15) is 0 Å². The maximum Gasteiger partial charge on any atom is 0.157 e. The van der Waals surface area contributed by atoms with E-state index in [-0.39, 0.29) is 0 Å². The van der Waals surface area contributed by atoms with Crippen LogP contribution in [-0.4, -0.2) is 26.9 Å². The lowest BCUT2D eigenvalue weighted by Gasteiger charge is -2.04. The molecule has 0 N–H and O–H groups in total. The molecule has 3 rings (SSSR count). The van der Waals surface area contributed by atoms with E-state index in [0.717, 1.165) is 39.7 Å². The molecule has 0 atom stereocenters. The first-order valence-electron chi connectivity index (χ1n) is 7.02. The van der Waals surface area contributed by atoms with E-state index >= 15 is 0 Å². The molecule has 0 aliphatic rings. The third kappa shape index (κ3) is 3.06. The number of aryl methyl sites for hydroxylation is 2. The molecule has 3 aromatic rings. The minimum Gasteiger partial charge on any atom is -0.497 e. The van der Waals surface area contributed by atoms with Crippen LogP contribution in [0.3, 0.4) is 0 Å². The van der Waals surface area contributed by atoms with Crippen molar-refractivity contribution < 1.29 is 4.74 Å². The monoisotopic (exact) mass is 314 g/mol. The van der Waals surface area contributed by atoms with Gasteiger partial charge in [0.1, 0.15) is 5.75 Å². The first-order valence-corrected chi connectivity index (χ1v) is 8.17. The summed E-state index contributed by atoms with van der Waals surface area (Å²) in [6.07, 6.45) is 3.71. The van der Waals surface area contributed by atoms with E-state index < -0.39 is 0 Å². The van der Waals surface area contributed by atoms with Crippen molar-refractivity contribution in [2.24, 2.45) is 7.05 Å². The number of methoxy groups -OCH3 is 1. The summed E-state index contributed by atoms with van der Waals surface area (Å²) in [4.78, 5) is 8.86. The molecule has 0 bridgehead atoms. The third-order valence-corrected chi connectivity index (χ3v) is 4.50. The topological polar surface area (TPSA) is 52.8 Å². The van der Waals surface area contributed by atoms with E-state index in [1.165, 1.54) is 5.56 Å². The Kier molecular flexibility index (Phi) is 4.29. The molecule has 0 radical (unpaired) electrons. The molecule has 0 aliphatic carbocycles. The van der Waals surface area contributed by atoms with Crippen molar-refractivity contribution in [1.82, 2.24) is 19.7 Å². The molecule has 6 heteroatoms. The molecular weight excluding hydrogens is 296 g/mol. The first kappa shape index (κ1) is 14.8. The zero-order chi connectivity index (χ0) is 15.5. The van der Waals surface area contributed by atoms with Gasteiger partial charge in [-0.2, -0.15) is 16.9 Å². The summed E-state index contributed by atoms with van der Waals surface area (Å²) in [5.41, 5.74) is 4.18. The summed E-state index contributed by atoms with van der Waals surface area (Å²) in [5, 5.41) is 5.53. The molecule has 0 amide bonds. The highest BCUT2D eigenvalue weighted by Gasteiger charge is 2.07. The zero-order valence-electron chi connectivity index (χ0n) is 12.9. The molecule has 0 saturated heterocycles. The second kappa shape index (κ2) is 6.36. The zero-order valence-corrected chi connectivity index (χ0v) is 13.7. The Morgan fingerprint density at radius 2 is 2.09 bits per heavy atom. The van der Waals surface area contributed by atoms with E-state index in [2.05, 4.69) is 21.1 Å². The normalized spacial score (nSPS) is 11.0. The fourth-order valence-corrected chi connectivity index (χ4v) is 3.23. The molecule has 0 unspecified atom stereocenters. The molecule has 22 heavy (non-hydrogen) atoms. The highest BCUT2D eigenvalue weighted by molar-refractivity contribution is 7.97. The fraction of sp³-hybridized carbons (Fsp3) is 0.312. The quantitative estimate of drug-likeness (QED) is 0.724. The van der Waals surface area contributed by atoms with Gasteiger partial charge < -0.3 is 4.74 Å². The van der Waals surface area contributed by atoms with Crippen molar-refractivity contribution in [1.29, 1.82) is 0 Å². The van der Waals surface area contributed by atoms with E-state index in [1.807, 2.05) is 48.7 Å². The standard InChI is InChI=1S/C16H18N4OS/c1-11-15-6-12(8-18-16(15)20(2)19-11)9-22-10-13-7-14(21-3)4-5-17-13/h4-8H,9-10H2,1-3H3. The van der Waals surface area contributed by atoms with Gasteiger partial charge in [-0.15, -0.1) is 0 Å². The molecule has 5 nitrogen and oxygen atoms in total. The van der Waals surface area contributed by atoms with Crippen LogP contribution >= 0.6 is 11.8 Å². The van der Waals surface area contributed by atoms with E-state index in [1.54, 1.807) is 13.3 Å². The molecule has 0 aliphatic heterocycles.